The summed E-state index contributed by atoms with van der Waals surface area (Å²) < 4.78 is 18.7. The minimum Gasteiger partial charge on any atom is -0.377 e. The van der Waals surface area contributed by atoms with Crippen LogP contribution in [0.25, 0.3) is 0 Å². The Morgan fingerprint density at radius 3 is 2.72 bits per heavy atom. The molecular weight excluding hydrogens is 237 g/mol. The average Bonchev–Trinajstić information content (AvgIpc) is 2.27. The van der Waals surface area contributed by atoms with E-state index in [1.54, 1.807) is 0 Å². The Balaban J connectivity index is 2.39. The van der Waals surface area contributed by atoms with E-state index < -0.39 is 16.4 Å². The van der Waals surface area contributed by atoms with Gasteiger partial charge in [0.15, 0.2) is 0 Å². The second-order valence-corrected chi connectivity index (χ2v) is 4.63. The number of rotatable bonds is 7. The van der Waals surface area contributed by atoms with Crippen LogP contribution in [-0.2, 0) is 11.3 Å². The number of nitro groups is 1. The molecule has 0 aliphatic carbocycles. The number of benzene rings is 1. The lowest BCUT2D eigenvalue weighted by Gasteiger charge is -2.06. The van der Waals surface area contributed by atoms with Crippen molar-refractivity contribution in [3.8, 4) is 0 Å². The first-order valence-electron chi connectivity index (χ1n) is 6.01. The quantitative estimate of drug-likeness (QED) is 0.424. The highest BCUT2D eigenvalue weighted by Gasteiger charge is 2.13. The normalized spacial score (nSPS) is 10.9. The molecule has 0 unspecified atom stereocenters. The molecule has 100 valence electrons. The van der Waals surface area contributed by atoms with E-state index in [9.17, 15) is 14.5 Å². The van der Waals surface area contributed by atoms with Gasteiger partial charge in [0.2, 0.25) is 5.82 Å². The Morgan fingerprint density at radius 1 is 1.44 bits per heavy atom. The molecule has 0 amide bonds. The molecule has 1 aromatic rings. The van der Waals surface area contributed by atoms with Crippen LogP contribution in [0.3, 0.4) is 0 Å². The zero-order valence-electron chi connectivity index (χ0n) is 10.7. The van der Waals surface area contributed by atoms with Crippen LogP contribution < -0.4 is 0 Å². The maximum absolute atomic E-state index is 13.3. The number of nitrogens with zero attached hydrogens (tertiary/aromatic N) is 1. The molecule has 0 aliphatic rings. The highest BCUT2D eigenvalue weighted by atomic mass is 19.1. The fraction of sp³-hybridized carbons (Fsp3) is 0.538. The SMILES string of the molecule is CC(C)CCCOCc1ccc([N+](=O)[O-])c(F)c1. The van der Waals surface area contributed by atoms with Crippen molar-refractivity contribution in [3.63, 3.8) is 0 Å². The van der Waals surface area contributed by atoms with Crippen molar-refractivity contribution in [1.29, 1.82) is 0 Å². The van der Waals surface area contributed by atoms with Crippen molar-refractivity contribution in [3.05, 3.63) is 39.7 Å². The third-order valence-corrected chi connectivity index (χ3v) is 2.55. The van der Waals surface area contributed by atoms with Gasteiger partial charge in [-0.3, -0.25) is 10.1 Å². The molecule has 0 heterocycles. The standard InChI is InChI=1S/C13H18FNO3/c1-10(2)4-3-7-18-9-11-5-6-13(15(16)17)12(14)8-11/h5-6,8,10H,3-4,7,9H2,1-2H3. The molecule has 0 saturated carbocycles. The van der Waals surface area contributed by atoms with Crippen molar-refractivity contribution in [2.75, 3.05) is 6.61 Å². The topological polar surface area (TPSA) is 52.4 Å². The Hall–Kier alpha value is -1.49. The van der Waals surface area contributed by atoms with Gasteiger partial charge in [0.05, 0.1) is 11.5 Å². The lowest BCUT2D eigenvalue weighted by Crippen LogP contribution is -1.99. The van der Waals surface area contributed by atoms with Gasteiger partial charge >= 0.3 is 5.69 Å². The van der Waals surface area contributed by atoms with Gasteiger partial charge in [-0.2, -0.15) is 4.39 Å². The molecule has 0 aromatic heterocycles. The summed E-state index contributed by atoms with van der Waals surface area (Å²) in [7, 11) is 0. The van der Waals surface area contributed by atoms with E-state index in [1.807, 2.05) is 0 Å². The minimum atomic E-state index is -0.816. The van der Waals surface area contributed by atoms with E-state index in [0.717, 1.165) is 18.9 Å². The smallest absolute Gasteiger partial charge is 0.304 e. The fourth-order valence-electron chi connectivity index (χ4n) is 1.57. The van der Waals surface area contributed by atoms with Gasteiger partial charge in [0.25, 0.3) is 0 Å². The van der Waals surface area contributed by atoms with Gasteiger partial charge in [0, 0.05) is 12.7 Å². The summed E-state index contributed by atoms with van der Waals surface area (Å²) >= 11 is 0. The van der Waals surface area contributed by atoms with Crippen LogP contribution in [0.5, 0.6) is 0 Å². The molecule has 0 aliphatic heterocycles. The second kappa shape index (κ2) is 7.06. The lowest BCUT2D eigenvalue weighted by atomic mass is 10.1. The minimum absolute atomic E-state index is 0.285. The number of hydrogen-bond acceptors (Lipinski definition) is 3. The van der Waals surface area contributed by atoms with Gasteiger partial charge in [-0.15, -0.1) is 0 Å². The van der Waals surface area contributed by atoms with Gasteiger partial charge in [0.1, 0.15) is 0 Å². The molecular formula is C13H18FNO3. The molecule has 1 aromatic carbocycles. The van der Waals surface area contributed by atoms with Crippen LogP contribution in [-0.4, -0.2) is 11.5 Å². The first kappa shape index (κ1) is 14.6. The van der Waals surface area contributed by atoms with E-state index in [1.165, 1.54) is 12.1 Å². The predicted molar refractivity (Wildman–Crippen MR) is 66.8 cm³/mol. The van der Waals surface area contributed by atoms with Crippen molar-refractivity contribution in [2.45, 2.75) is 33.3 Å². The molecule has 0 atom stereocenters. The van der Waals surface area contributed by atoms with Crippen LogP contribution in [0.4, 0.5) is 10.1 Å². The van der Waals surface area contributed by atoms with Crippen molar-refractivity contribution < 1.29 is 14.1 Å². The number of halogens is 1. The Morgan fingerprint density at radius 2 is 2.17 bits per heavy atom. The molecule has 0 radical (unpaired) electrons. The van der Waals surface area contributed by atoms with Crippen molar-refractivity contribution in [1.82, 2.24) is 0 Å². The molecule has 4 nitrogen and oxygen atoms in total. The highest BCUT2D eigenvalue weighted by Crippen LogP contribution is 2.18. The van der Waals surface area contributed by atoms with Crippen LogP contribution >= 0.6 is 0 Å². The van der Waals surface area contributed by atoms with E-state index >= 15 is 0 Å². The summed E-state index contributed by atoms with van der Waals surface area (Å²) in [6.45, 7) is 5.20. The lowest BCUT2D eigenvalue weighted by molar-refractivity contribution is -0.387. The first-order chi connectivity index (χ1) is 8.50. The number of nitro benzene ring substituents is 1. The number of ether oxygens (including phenoxy) is 1. The van der Waals surface area contributed by atoms with Crippen LogP contribution in [0.2, 0.25) is 0 Å². The van der Waals surface area contributed by atoms with Gasteiger partial charge in [-0.1, -0.05) is 13.8 Å². The van der Waals surface area contributed by atoms with Gasteiger partial charge in [-0.05, 0) is 36.5 Å². The number of hydrogen-bond donors (Lipinski definition) is 0. The van der Waals surface area contributed by atoms with Crippen molar-refractivity contribution in [2.24, 2.45) is 5.92 Å². The zero-order valence-corrected chi connectivity index (χ0v) is 10.7. The summed E-state index contributed by atoms with van der Waals surface area (Å²) in [5.74, 6) is -0.173. The first-order valence-corrected chi connectivity index (χ1v) is 6.01. The maximum Gasteiger partial charge on any atom is 0.304 e. The third kappa shape index (κ3) is 4.79. The third-order valence-electron chi connectivity index (χ3n) is 2.55. The van der Waals surface area contributed by atoms with Crippen molar-refractivity contribution >= 4 is 5.69 Å². The average molecular weight is 255 g/mol. The highest BCUT2D eigenvalue weighted by molar-refractivity contribution is 5.34. The molecule has 0 saturated heterocycles. The summed E-state index contributed by atoms with van der Waals surface area (Å²) in [4.78, 5) is 9.70. The van der Waals surface area contributed by atoms with E-state index in [2.05, 4.69) is 13.8 Å². The van der Waals surface area contributed by atoms with Gasteiger partial charge < -0.3 is 4.74 Å². The Bertz CT molecular complexity index is 407. The van der Waals surface area contributed by atoms with Crippen LogP contribution in [0.15, 0.2) is 18.2 Å². The largest absolute Gasteiger partial charge is 0.377 e. The molecule has 18 heavy (non-hydrogen) atoms. The molecule has 0 N–H and O–H groups in total. The summed E-state index contributed by atoms with van der Waals surface area (Å²) in [5, 5.41) is 10.4. The Kier molecular flexibility index (Phi) is 5.71. The van der Waals surface area contributed by atoms with E-state index in [4.69, 9.17) is 4.74 Å². The maximum atomic E-state index is 13.3. The van der Waals surface area contributed by atoms with Gasteiger partial charge in [-0.25, -0.2) is 0 Å². The van der Waals surface area contributed by atoms with E-state index in [0.29, 0.717) is 18.1 Å². The molecule has 5 heteroatoms. The summed E-state index contributed by atoms with van der Waals surface area (Å²) in [5.41, 5.74) is 0.112. The van der Waals surface area contributed by atoms with E-state index in [-0.39, 0.29) is 6.61 Å². The summed E-state index contributed by atoms with van der Waals surface area (Å²) in [6.07, 6.45) is 2.06. The second-order valence-electron chi connectivity index (χ2n) is 4.63. The summed E-state index contributed by atoms with van der Waals surface area (Å²) in [6, 6.07) is 3.84. The molecule has 1 rings (SSSR count). The zero-order chi connectivity index (χ0) is 13.5. The molecule has 0 bridgehead atoms. The molecule has 0 spiro atoms. The van der Waals surface area contributed by atoms with Crippen LogP contribution in [0, 0.1) is 21.8 Å². The predicted octanol–water partition coefficient (Wildman–Crippen LogP) is 3.69. The fourth-order valence-corrected chi connectivity index (χ4v) is 1.57. The van der Waals surface area contributed by atoms with Crippen LogP contribution in [0.1, 0.15) is 32.3 Å². The molecule has 0 fully saturated rings. The monoisotopic (exact) mass is 255 g/mol. The Labute approximate surface area is 106 Å².